The smallest absolute Gasteiger partial charge is 0.380 e. The predicted molar refractivity (Wildman–Crippen MR) is 130 cm³/mol. The Kier molecular flexibility index (Phi) is 7.31. The number of sulfone groups is 1. The summed E-state index contributed by atoms with van der Waals surface area (Å²) < 4.78 is 67.5. The van der Waals surface area contributed by atoms with E-state index in [-0.39, 0.29) is 22.0 Å². The molecule has 0 fully saturated rings. The van der Waals surface area contributed by atoms with Gasteiger partial charge in [-0.05, 0) is 48.9 Å². The van der Waals surface area contributed by atoms with Crippen molar-refractivity contribution in [1.82, 2.24) is 9.97 Å². The van der Waals surface area contributed by atoms with Crippen LogP contribution in [0.4, 0.5) is 13.2 Å². The maximum atomic E-state index is 14.3. The van der Waals surface area contributed by atoms with Crippen LogP contribution in [0, 0.1) is 6.92 Å². The van der Waals surface area contributed by atoms with Gasteiger partial charge >= 0.3 is 6.18 Å². The van der Waals surface area contributed by atoms with Crippen LogP contribution in [-0.4, -0.2) is 46.9 Å². The summed E-state index contributed by atoms with van der Waals surface area (Å²) in [4.78, 5) is 18.7. The van der Waals surface area contributed by atoms with Crippen LogP contribution in [0.5, 0.6) is 0 Å². The Labute approximate surface area is 207 Å². The van der Waals surface area contributed by atoms with E-state index in [0.29, 0.717) is 22.9 Å². The van der Waals surface area contributed by atoms with Gasteiger partial charge in [0.1, 0.15) is 0 Å². The number of carbonyl (C=O) groups is 1. The van der Waals surface area contributed by atoms with Crippen molar-refractivity contribution in [3.8, 4) is 0 Å². The monoisotopic (exact) mass is 525 g/mol. The number of benzene rings is 1. The first kappa shape index (κ1) is 27.7. The molecule has 0 aliphatic carbocycles. The molecule has 1 aromatic carbocycles. The quantitative estimate of drug-likeness (QED) is 0.383. The molecule has 0 aliphatic heterocycles. The lowest BCUT2D eigenvalue weighted by molar-refractivity contribution is -0.266. The summed E-state index contributed by atoms with van der Waals surface area (Å²) in [5.41, 5.74) is 2.57. The van der Waals surface area contributed by atoms with Crippen molar-refractivity contribution < 1.29 is 31.5 Å². The third-order valence-corrected chi connectivity index (χ3v) is 8.05. The van der Waals surface area contributed by atoms with E-state index in [2.05, 4.69) is 9.97 Å². The minimum absolute atomic E-state index is 0.0616. The van der Waals surface area contributed by atoms with Crippen LogP contribution in [-0.2, 0) is 21.7 Å². The average molecular weight is 526 g/mol. The van der Waals surface area contributed by atoms with Crippen molar-refractivity contribution in [2.24, 2.45) is 5.73 Å². The van der Waals surface area contributed by atoms with Crippen LogP contribution < -0.4 is 5.73 Å². The number of carbonyl (C=O) groups excluding carboxylic acids is 1. The van der Waals surface area contributed by atoms with Crippen molar-refractivity contribution >= 4 is 26.6 Å². The van der Waals surface area contributed by atoms with Crippen molar-refractivity contribution in [2.75, 3.05) is 5.75 Å². The molecule has 36 heavy (non-hydrogen) atoms. The summed E-state index contributed by atoms with van der Waals surface area (Å²) in [6, 6.07) is 7.43. The number of H-pyrrole nitrogens is 1. The maximum Gasteiger partial charge on any atom is 0.417 e. The zero-order chi connectivity index (χ0) is 27.1. The number of pyridine rings is 1. The topological polar surface area (TPSA) is 126 Å². The first-order valence-corrected chi connectivity index (χ1v) is 13.0. The predicted octanol–water partition coefficient (Wildman–Crippen LogP) is 4.36. The number of aryl methyl sites for hydroxylation is 1. The Morgan fingerprint density at radius 3 is 2.42 bits per heavy atom. The molecule has 0 spiro atoms. The molecule has 7 nitrogen and oxygen atoms in total. The first-order valence-electron chi connectivity index (χ1n) is 11.4. The Bertz CT molecular complexity index is 1400. The number of nitrogens with one attached hydrogen (secondary N) is 1. The van der Waals surface area contributed by atoms with Crippen LogP contribution in [0.25, 0.3) is 10.9 Å². The lowest BCUT2D eigenvalue weighted by atomic mass is 9.72. The Balaban J connectivity index is 2.00. The molecule has 2 heterocycles. The standard InChI is InChI=1S/C25H30F3N3O4S/c1-5-8-36(34,35)21-11-16-10-17(31-20(16)13-30-21)12-24(33,25(26,27)28)14-23(3,4)19-7-6-15(2)9-18(19)22(29)32/h6-7,9-11,13,31,33H,5,8,12,14H2,1-4H3,(H2,29,32). The summed E-state index contributed by atoms with van der Waals surface area (Å²) in [6.45, 7) is 6.48. The van der Waals surface area contributed by atoms with E-state index < -0.39 is 45.8 Å². The second-order valence-electron chi connectivity index (χ2n) is 9.90. The van der Waals surface area contributed by atoms with Gasteiger partial charge in [0.15, 0.2) is 20.5 Å². The zero-order valence-electron chi connectivity index (χ0n) is 20.5. The molecule has 11 heteroatoms. The van der Waals surface area contributed by atoms with Gasteiger partial charge in [-0.25, -0.2) is 13.4 Å². The van der Waals surface area contributed by atoms with E-state index in [1.165, 1.54) is 38.2 Å². The summed E-state index contributed by atoms with van der Waals surface area (Å²) in [7, 11) is -3.61. The number of aromatic nitrogens is 2. The van der Waals surface area contributed by atoms with Crippen molar-refractivity contribution in [3.05, 3.63) is 58.9 Å². The van der Waals surface area contributed by atoms with Crippen molar-refractivity contribution in [1.29, 1.82) is 0 Å². The highest BCUT2D eigenvalue weighted by Crippen LogP contribution is 2.44. The van der Waals surface area contributed by atoms with Gasteiger partial charge in [-0.1, -0.05) is 38.5 Å². The number of aromatic amines is 1. The van der Waals surface area contributed by atoms with E-state index in [9.17, 15) is 31.5 Å². The molecule has 3 rings (SSSR count). The molecule has 1 unspecified atom stereocenters. The average Bonchev–Trinajstić information content (AvgIpc) is 3.13. The summed E-state index contributed by atoms with van der Waals surface area (Å²) in [5.74, 6) is -0.868. The second-order valence-corrected chi connectivity index (χ2v) is 12.0. The summed E-state index contributed by atoms with van der Waals surface area (Å²) >= 11 is 0. The fourth-order valence-electron chi connectivity index (χ4n) is 4.57. The summed E-state index contributed by atoms with van der Waals surface area (Å²) in [5, 5.41) is 11.2. The van der Waals surface area contributed by atoms with Crippen molar-refractivity contribution in [3.63, 3.8) is 0 Å². The van der Waals surface area contributed by atoms with Gasteiger partial charge in [0.05, 0.1) is 17.5 Å². The Morgan fingerprint density at radius 1 is 1.17 bits per heavy atom. The number of hydrogen-bond donors (Lipinski definition) is 3. The lowest BCUT2D eigenvalue weighted by Crippen LogP contribution is -2.51. The van der Waals surface area contributed by atoms with Crippen LogP contribution in [0.1, 0.15) is 60.8 Å². The van der Waals surface area contributed by atoms with Gasteiger partial charge in [-0.15, -0.1) is 0 Å². The molecule has 4 N–H and O–H groups in total. The second kappa shape index (κ2) is 9.51. The van der Waals surface area contributed by atoms with E-state index in [1.54, 1.807) is 26.0 Å². The van der Waals surface area contributed by atoms with E-state index >= 15 is 0 Å². The SMILES string of the molecule is CCCS(=O)(=O)c1cc2cc(CC(O)(CC(C)(C)c3ccc(C)cc3C(N)=O)C(F)(F)F)[nH]c2cn1. The number of nitrogens with zero attached hydrogens (tertiary/aromatic N) is 1. The van der Waals surface area contributed by atoms with Gasteiger partial charge in [-0.2, -0.15) is 13.2 Å². The fraction of sp³-hybridized carbons (Fsp3) is 0.440. The van der Waals surface area contributed by atoms with E-state index in [4.69, 9.17) is 5.73 Å². The van der Waals surface area contributed by atoms with E-state index in [1.807, 2.05) is 0 Å². The highest BCUT2D eigenvalue weighted by Gasteiger charge is 2.56. The lowest BCUT2D eigenvalue weighted by Gasteiger charge is -2.38. The van der Waals surface area contributed by atoms with Gasteiger partial charge in [0.2, 0.25) is 5.91 Å². The number of nitrogens with two attached hydrogens (primary N) is 1. The molecule has 1 atom stereocenters. The molecule has 0 aliphatic rings. The molecule has 0 bridgehead atoms. The third kappa shape index (κ3) is 5.57. The Morgan fingerprint density at radius 2 is 1.83 bits per heavy atom. The Hall–Kier alpha value is -2.92. The molecule has 0 saturated carbocycles. The molecule has 0 saturated heterocycles. The van der Waals surface area contributed by atoms with Gasteiger partial charge in [0.25, 0.3) is 0 Å². The molecule has 1 amide bonds. The molecule has 3 aromatic rings. The first-order chi connectivity index (χ1) is 16.5. The minimum atomic E-state index is -5.01. The van der Waals surface area contributed by atoms with Crippen LogP contribution in [0.3, 0.4) is 0 Å². The number of rotatable bonds is 9. The number of aliphatic hydroxyl groups is 1. The molecular formula is C25H30F3N3O4S. The molecule has 0 radical (unpaired) electrons. The van der Waals surface area contributed by atoms with Crippen molar-refractivity contribution in [2.45, 2.75) is 69.2 Å². The molecule has 196 valence electrons. The highest BCUT2D eigenvalue weighted by atomic mass is 32.2. The van der Waals surface area contributed by atoms with Crippen LogP contribution in [0.2, 0.25) is 0 Å². The largest absolute Gasteiger partial charge is 0.417 e. The van der Waals surface area contributed by atoms with Gasteiger partial charge in [0, 0.05) is 23.1 Å². The fourth-order valence-corrected chi connectivity index (χ4v) is 5.83. The van der Waals surface area contributed by atoms with E-state index in [0.717, 1.165) is 5.56 Å². The zero-order valence-corrected chi connectivity index (χ0v) is 21.3. The number of amides is 1. The highest BCUT2D eigenvalue weighted by molar-refractivity contribution is 7.91. The normalized spacial score (nSPS) is 14.7. The van der Waals surface area contributed by atoms with Gasteiger partial charge in [-0.3, -0.25) is 4.79 Å². The number of primary amides is 1. The number of fused-ring (bicyclic) bond motifs is 1. The molecular weight excluding hydrogens is 495 g/mol. The molecule has 2 aromatic heterocycles. The third-order valence-electron chi connectivity index (χ3n) is 6.24. The number of halogens is 3. The van der Waals surface area contributed by atoms with Crippen LogP contribution in [0.15, 0.2) is 41.6 Å². The van der Waals surface area contributed by atoms with Gasteiger partial charge < -0.3 is 15.8 Å². The maximum absolute atomic E-state index is 14.3. The van der Waals surface area contributed by atoms with Crippen LogP contribution >= 0.6 is 0 Å². The number of hydrogen-bond acceptors (Lipinski definition) is 5. The minimum Gasteiger partial charge on any atom is -0.380 e. The number of alkyl halides is 3. The summed E-state index contributed by atoms with van der Waals surface area (Å²) in [6.07, 6.45) is -4.93.